The van der Waals surface area contributed by atoms with E-state index in [1.54, 1.807) is 11.3 Å². The summed E-state index contributed by atoms with van der Waals surface area (Å²) < 4.78 is 6.66. The van der Waals surface area contributed by atoms with E-state index in [1.807, 2.05) is 49.2 Å². The number of amides is 1. The Hall–Kier alpha value is -2.67. The summed E-state index contributed by atoms with van der Waals surface area (Å²) in [5.41, 5.74) is 2.24. The minimum Gasteiger partial charge on any atom is -0.485 e. The van der Waals surface area contributed by atoms with Gasteiger partial charge in [0, 0.05) is 54.1 Å². The molecule has 2 atom stereocenters. The second-order valence-electron chi connectivity index (χ2n) is 9.45. The van der Waals surface area contributed by atoms with Crippen LogP contribution in [-0.2, 0) is 4.79 Å². The molecule has 0 aliphatic carbocycles. The number of hydrogen-bond donors (Lipinski definition) is 1. The number of nitrogens with zero attached hydrogens (tertiary/aromatic N) is 2. The third kappa shape index (κ3) is 6.36. The first-order valence-corrected chi connectivity index (χ1v) is 14.0. The van der Waals surface area contributed by atoms with Crippen LogP contribution >= 0.6 is 11.3 Å². The number of piperidine rings is 1. The van der Waals surface area contributed by atoms with Gasteiger partial charge in [-0.05, 0) is 63.0 Å². The normalized spacial score (nSPS) is 16.4. The SMILES string of the molecule is CCC(=O)N(c1ccccc1)C1CCN([C@H](C)c2ccccc2O[C@@H](CCNC)c2cccs2)CC1. The third-order valence-electron chi connectivity index (χ3n) is 7.17. The largest absolute Gasteiger partial charge is 0.485 e. The van der Waals surface area contributed by atoms with Crippen LogP contribution < -0.4 is 15.0 Å². The second kappa shape index (κ2) is 13.0. The van der Waals surface area contributed by atoms with Crippen molar-refractivity contribution in [2.45, 2.75) is 57.7 Å². The van der Waals surface area contributed by atoms with Gasteiger partial charge in [-0.1, -0.05) is 49.4 Å². The second-order valence-corrected chi connectivity index (χ2v) is 10.4. The maximum atomic E-state index is 12.9. The number of carbonyl (C=O) groups is 1. The molecule has 192 valence electrons. The number of para-hydroxylation sites is 2. The highest BCUT2D eigenvalue weighted by atomic mass is 32.1. The Morgan fingerprint density at radius 3 is 2.47 bits per heavy atom. The first kappa shape index (κ1) is 26.4. The van der Waals surface area contributed by atoms with Crippen LogP contribution in [-0.4, -0.2) is 43.5 Å². The average molecular weight is 506 g/mol. The Balaban J connectivity index is 1.46. The highest BCUT2D eigenvalue weighted by Crippen LogP contribution is 2.36. The summed E-state index contributed by atoms with van der Waals surface area (Å²) in [6, 6.07) is 23.3. The molecule has 36 heavy (non-hydrogen) atoms. The molecule has 2 aromatic carbocycles. The molecule has 0 saturated carbocycles. The van der Waals surface area contributed by atoms with Gasteiger partial charge in [0.25, 0.3) is 0 Å². The number of hydrogen-bond acceptors (Lipinski definition) is 5. The molecule has 1 fully saturated rings. The van der Waals surface area contributed by atoms with Crippen molar-refractivity contribution in [1.82, 2.24) is 10.2 Å². The first-order chi connectivity index (χ1) is 17.6. The van der Waals surface area contributed by atoms with E-state index >= 15 is 0 Å². The van der Waals surface area contributed by atoms with Gasteiger partial charge in [-0.15, -0.1) is 11.3 Å². The summed E-state index contributed by atoms with van der Waals surface area (Å²) in [5.74, 6) is 1.17. The molecule has 3 aromatic rings. The van der Waals surface area contributed by atoms with Gasteiger partial charge in [0.15, 0.2) is 0 Å². The molecule has 5 nitrogen and oxygen atoms in total. The Morgan fingerprint density at radius 2 is 1.81 bits per heavy atom. The molecular weight excluding hydrogens is 466 g/mol. The summed E-state index contributed by atoms with van der Waals surface area (Å²) in [5, 5.41) is 5.38. The van der Waals surface area contributed by atoms with Gasteiger partial charge in [-0.3, -0.25) is 9.69 Å². The summed E-state index contributed by atoms with van der Waals surface area (Å²) in [6.07, 6.45) is 3.42. The van der Waals surface area contributed by atoms with E-state index in [0.717, 1.165) is 50.3 Å². The van der Waals surface area contributed by atoms with Crippen molar-refractivity contribution in [2.75, 3.05) is 31.6 Å². The van der Waals surface area contributed by atoms with Gasteiger partial charge in [-0.2, -0.15) is 0 Å². The zero-order valence-corrected chi connectivity index (χ0v) is 22.5. The standard InChI is InChI=1S/C30H39N3O2S/c1-4-30(34)33(24-11-6-5-7-12-24)25-17-20-32(21-18-25)23(2)26-13-8-9-14-27(26)35-28(16-19-31-3)29-15-10-22-36-29/h5-15,22-23,25,28,31H,4,16-21H2,1-3H3/t23-,28+/m1/s1. The molecular formula is C30H39N3O2S. The van der Waals surface area contributed by atoms with Crippen molar-refractivity contribution in [2.24, 2.45) is 0 Å². The lowest BCUT2D eigenvalue weighted by atomic mass is 9.97. The van der Waals surface area contributed by atoms with Crippen LogP contribution in [0.2, 0.25) is 0 Å². The quantitative estimate of drug-likeness (QED) is 0.325. The predicted molar refractivity (Wildman–Crippen MR) is 150 cm³/mol. The minimum absolute atomic E-state index is 0.0380. The fourth-order valence-corrected chi connectivity index (χ4v) is 5.93. The topological polar surface area (TPSA) is 44.8 Å². The molecule has 1 aromatic heterocycles. The zero-order valence-electron chi connectivity index (χ0n) is 21.7. The molecule has 1 amide bonds. The van der Waals surface area contributed by atoms with Gasteiger partial charge >= 0.3 is 0 Å². The molecule has 1 N–H and O–H groups in total. The maximum Gasteiger partial charge on any atom is 0.226 e. The molecule has 2 heterocycles. The van der Waals surface area contributed by atoms with Crippen LogP contribution in [0.4, 0.5) is 5.69 Å². The lowest BCUT2D eigenvalue weighted by molar-refractivity contribution is -0.119. The maximum absolute atomic E-state index is 12.9. The van der Waals surface area contributed by atoms with Crippen molar-refractivity contribution >= 4 is 22.9 Å². The van der Waals surface area contributed by atoms with Crippen LogP contribution in [0.25, 0.3) is 0 Å². The van der Waals surface area contributed by atoms with Crippen molar-refractivity contribution in [3.8, 4) is 5.75 Å². The molecule has 6 heteroatoms. The number of nitrogens with one attached hydrogen (secondary N) is 1. The molecule has 0 spiro atoms. The first-order valence-electron chi connectivity index (χ1n) is 13.2. The lowest BCUT2D eigenvalue weighted by Crippen LogP contribution is -2.48. The highest BCUT2D eigenvalue weighted by Gasteiger charge is 2.31. The highest BCUT2D eigenvalue weighted by molar-refractivity contribution is 7.10. The van der Waals surface area contributed by atoms with Crippen LogP contribution in [0.3, 0.4) is 0 Å². The van der Waals surface area contributed by atoms with Crippen LogP contribution in [0.1, 0.15) is 62.1 Å². The number of ether oxygens (including phenoxy) is 1. The summed E-state index contributed by atoms with van der Waals surface area (Å²) in [4.78, 5) is 18.7. The van der Waals surface area contributed by atoms with Gasteiger partial charge in [-0.25, -0.2) is 0 Å². The molecule has 0 radical (unpaired) electrons. The molecule has 0 unspecified atom stereocenters. The molecule has 1 aliphatic rings. The van der Waals surface area contributed by atoms with Crippen LogP contribution in [0.15, 0.2) is 72.1 Å². The number of likely N-dealkylation sites (tertiary alicyclic amines) is 1. The number of carbonyl (C=O) groups excluding carboxylic acids is 1. The van der Waals surface area contributed by atoms with E-state index in [1.165, 1.54) is 10.4 Å². The Morgan fingerprint density at radius 1 is 1.08 bits per heavy atom. The molecule has 1 aliphatic heterocycles. The van der Waals surface area contributed by atoms with E-state index in [4.69, 9.17) is 4.74 Å². The Kier molecular flexibility index (Phi) is 9.56. The molecule has 0 bridgehead atoms. The van der Waals surface area contributed by atoms with E-state index in [0.29, 0.717) is 6.42 Å². The minimum atomic E-state index is 0.0380. The van der Waals surface area contributed by atoms with E-state index in [-0.39, 0.29) is 24.1 Å². The third-order valence-corrected chi connectivity index (χ3v) is 8.14. The fourth-order valence-electron chi connectivity index (χ4n) is 5.14. The van der Waals surface area contributed by atoms with Gasteiger partial charge in [0.1, 0.15) is 11.9 Å². The van der Waals surface area contributed by atoms with E-state index in [2.05, 4.69) is 58.9 Å². The fraction of sp³-hybridized carbons (Fsp3) is 0.433. The zero-order chi connectivity index (χ0) is 25.3. The average Bonchev–Trinajstić information content (AvgIpc) is 3.47. The van der Waals surface area contributed by atoms with Crippen LogP contribution in [0.5, 0.6) is 5.75 Å². The molecule has 4 rings (SSSR count). The van der Waals surface area contributed by atoms with E-state index < -0.39 is 0 Å². The van der Waals surface area contributed by atoms with Crippen molar-refractivity contribution in [3.05, 3.63) is 82.6 Å². The van der Waals surface area contributed by atoms with Gasteiger partial charge < -0.3 is 15.0 Å². The number of rotatable bonds is 11. The monoisotopic (exact) mass is 505 g/mol. The van der Waals surface area contributed by atoms with Crippen molar-refractivity contribution < 1.29 is 9.53 Å². The van der Waals surface area contributed by atoms with Crippen molar-refractivity contribution in [1.29, 1.82) is 0 Å². The Bertz CT molecular complexity index is 1060. The van der Waals surface area contributed by atoms with Gasteiger partial charge in [0.2, 0.25) is 5.91 Å². The number of benzene rings is 2. The van der Waals surface area contributed by atoms with Gasteiger partial charge in [0.05, 0.1) is 0 Å². The summed E-state index contributed by atoms with van der Waals surface area (Å²) >= 11 is 1.75. The molecule has 1 saturated heterocycles. The van der Waals surface area contributed by atoms with Crippen molar-refractivity contribution in [3.63, 3.8) is 0 Å². The Labute approximate surface area is 220 Å². The van der Waals surface area contributed by atoms with Crippen LogP contribution in [0, 0.1) is 0 Å². The number of anilines is 1. The smallest absolute Gasteiger partial charge is 0.226 e. The lowest BCUT2D eigenvalue weighted by Gasteiger charge is -2.41. The van der Waals surface area contributed by atoms with E-state index in [9.17, 15) is 4.79 Å². The predicted octanol–water partition coefficient (Wildman–Crippen LogP) is 6.45. The summed E-state index contributed by atoms with van der Waals surface area (Å²) in [6.45, 7) is 7.04. The number of thiophene rings is 1. The summed E-state index contributed by atoms with van der Waals surface area (Å²) in [7, 11) is 1.98.